The first-order valence-corrected chi connectivity index (χ1v) is 5.60. The van der Waals surface area contributed by atoms with E-state index in [0.29, 0.717) is 12.2 Å². The quantitative estimate of drug-likeness (QED) is 0.537. The smallest absolute Gasteiger partial charge is 0.0610 e. The van der Waals surface area contributed by atoms with Crippen molar-refractivity contribution in [2.75, 3.05) is 0 Å². The Bertz CT molecular complexity index is 160. The summed E-state index contributed by atoms with van der Waals surface area (Å²) in [5.41, 5.74) is 0. The lowest BCUT2D eigenvalue weighted by atomic mass is 9.77. The molecule has 2 saturated heterocycles. The molecule has 2 heterocycles. The van der Waals surface area contributed by atoms with E-state index < -0.39 is 0 Å². The molecule has 1 saturated carbocycles. The minimum absolute atomic E-state index is 0.675. The van der Waals surface area contributed by atoms with Gasteiger partial charge in [0.1, 0.15) is 0 Å². The molecule has 0 N–H and O–H groups in total. The van der Waals surface area contributed by atoms with Crippen molar-refractivity contribution in [2.24, 2.45) is 11.8 Å². The van der Waals surface area contributed by atoms with Crippen LogP contribution in [-0.4, -0.2) is 12.2 Å². The van der Waals surface area contributed by atoms with Gasteiger partial charge in [-0.05, 0) is 43.9 Å². The molecule has 0 amide bonds. The Balaban J connectivity index is 1.83. The highest BCUT2D eigenvalue weighted by molar-refractivity contribution is 4.95. The van der Waals surface area contributed by atoms with Crippen molar-refractivity contribution in [3.63, 3.8) is 0 Å². The number of fused-ring (bicyclic) bond motifs is 5. The van der Waals surface area contributed by atoms with Gasteiger partial charge in [-0.15, -0.1) is 0 Å². The Morgan fingerprint density at radius 2 is 1.25 bits per heavy atom. The molecule has 3 aliphatic rings. The van der Waals surface area contributed by atoms with E-state index in [2.05, 4.69) is 0 Å². The third-order valence-electron chi connectivity index (χ3n) is 4.16. The van der Waals surface area contributed by atoms with Gasteiger partial charge >= 0.3 is 0 Å². The number of hydrogen-bond donors (Lipinski definition) is 0. The molecule has 0 aromatic rings. The van der Waals surface area contributed by atoms with Crippen LogP contribution in [0, 0.1) is 11.8 Å². The van der Waals surface area contributed by atoms with E-state index in [1.807, 2.05) is 0 Å². The highest BCUT2D eigenvalue weighted by atomic mass is 16.5. The lowest BCUT2D eigenvalue weighted by Crippen LogP contribution is -2.23. The van der Waals surface area contributed by atoms with E-state index >= 15 is 0 Å². The lowest BCUT2D eigenvalue weighted by molar-refractivity contribution is -0.00956. The molecule has 0 spiro atoms. The fraction of sp³-hybridized carbons (Fsp3) is 1.00. The van der Waals surface area contributed by atoms with Crippen molar-refractivity contribution >= 4 is 0 Å². The molecule has 4 unspecified atom stereocenters. The zero-order valence-corrected chi connectivity index (χ0v) is 7.67. The standard InChI is InChI=1S/C11H18O/c1-2-5-9-8(4-1)10-6-3-7-11(9)12-10/h8-11H,1-7H2. The summed E-state index contributed by atoms with van der Waals surface area (Å²) in [7, 11) is 0. The molecular weight excluding hydrogens is 148 g/mol. The molecule has 3 fully saturated rings. The van der Waals surface area contributed by atoms with Crippen LogP contribution in [-0.2, 0) is 4.74 Å². The maximum absolute atomic E-state index is 6.04. The third-order valence-corrected chi connectivity index (χ3v) is 4.16. The number of ether oxygens (including phenoxy) is 1. The van der Waals surface area contributed by atoms with Crippen LogP contribution in [0.1, 0.15) is 44.9 Å². The zero-order chi connectivity index (χ0) is 7.97. The van der Waals surface area contributed by atoms with Gasteiger partial charge < -0.3 is 4.74 Å². The van der Waals surface area contributed by atoms with Crippen LogP contribution in [0.25, 0.3) is 0 Å². The molecule has 4 atom stereocenters. The summed E-state index contributed by atoms with van der Waals surface area (Å²) < 4.78 is 6.04. The fourth-order valence-electron chi connectivity index (χ4n) is 3.62. The van der Waals surface area contributed by atoms with E-state index in [9.17, 15) is 0 Å². The monoisotopic (exact) mass is 166 g/mol. The summed E-state index contributed by atoms with van der Waals surface area (Å²) in [6.07, 6.45) is 11.4. The first-order chi connectivity index (χ1) is 5.95. The fourth-order valence-corrected chi connectivity index (χ4v) is 3.62. The average molecular weight is 166 g/mol. The molecule has 2 bridgehead atoms. The Morgan fingerprint density at radius 3 is 1.83 bits per heavy atom. The summed E-state index contributed by atoms with van der Waals surface area (Å²) in [4.78, 5) is 0. The van der Waals surface area contributed by atoms with Crippen LogP contribution < -0.4 is 0 Å². The van der Waals surface area contributed by atoms with E-state index in [1.54, 1.807) is 0 Å². The highest BCUT2D eigenvalue weighted by Gasteiger charge is 2.46. The molecule has 0 aromatic carbocycles. The van der Waals surface area contributed by atoms with Crippen LogP contribution in [0.3, 0.4) is 0 Å². The maximum Gasteiger partial charge on any atom is 0.0610 e. The van der Waals surface area contributed by atoms with E-state index in [1.165, 1.54) is 44.9 Å². The van der Waals surface area contributed by atoms with Gasteiger partial charge in [-0.2, -0.15) is 0 Å². The Labute approximate surface area is 74.5 Å². The molecule has 3 rings (SSSR count). The van der Waals surface area contributed by atoms with Crippen molar-refractivity contribution in [1.29, 1.82) is 0 Å². The summed E-state index contributed by atoms with van der Waals surface area (Å²) in [6.45, 7) is 0. The summed E-state index contributed by atoms with van der Waals surface area (Å²) in [5, 5.41) is 0. The first kappa shape index (κ1) is 7.37. The number of rotatable bonds is 0. The molecule has 0 radical (unpaired) electrons. The van der Waals surface area contributed by atoms with E-state index in [0.717, 1.165) is 11.8 Å². The minimum Gasteiger partial charge on any atom is -0.374 e. The Hall–Kier alpha value is -0.0400. The van der Waals surface area contributed by atoms with Crippen LogP contribution in [0.4, 0.5) is 0 Å². The molecular formula is C11H18O. The molecule has 68 valence electrons. The Morgan fingerprint density at radius 1 is 0.667 bits per heavy atom. The molecule has 1 aliphatic carbocycles. The van der Waals surface area contributed by atoms with Crippen LogP contribution in [0.2, 0.25) is 0 Å². The minimum atomic E-state index is 0.675. The predicted molar refractivity (Wildman–Crippen MR) is 48.0 cm³/mol. The van der Waals surface area contributed by atoms with Crippen molar-refractivity contribution < 1.29 is 4.74 Å². The third kappa shape index (κ3) is 0.953. The van der Waals surface area contributed by atoms with Gasteiger partial charge in [0.2, 0.25) is 0 Å². The molecule has 0 aromatic heterocycles. The summed E-state index contributed by atoms with van der Waals surface area (Å²) in [6, 6.07) is 0. The van der Waals surface area contributed by atoms with Crippen LogP contribution in [0.15, 0.2) is 0 Å². The molecule has 12 heavy (non-hydrogen) atoms. The van der Waals surface area contributed by atoms with Crippen molar-refractivity contribution in [1.82, 2.24) is 0 Å². The lowest BCUT2D eigenvalue weighted by Gasteiger charge is -2.26. The van der Waals surface area contributed by atoms with Crippen molar-refractivity contribution in [2.45, 2.75) is 57.2 Å². The van der Waals surface area contributed by atoms with Crippen molar-refractivity contribution in [3.8, 4) is 0 Å². The summed E-state index contributed by atoms with van der Waals surface area (Å²) in [5.74, 6) is 1.93. The topological polar surface area (TPSA) is 9.23 Å². The second kappa shape index (κ2) is 2.73. The zero-order valence-electron chi connectivity index (χ0n) is 7.67. The van der Waals surface area contributed by atoms with Gasteiger partial charge in [0.25, 0.3) is 0 Å². The van der Waals surface area contributed by atoms with Gasteiger partial charge in [-0.1, -0.05) is 12.8 Å². The molecule has 1 nitrogen and oxygen atoms in total. The Kier molecular flexibility index (Phi) is 1.68. The normalized spacial score (nSPS) is 52.0. The van der Waals surface area contributed by atoms with Gasteiger partial charge in [0.05, 0.1) is 12.2 Å². The van der Waals surface area contributed by atoms with Crippen LogP contribution in [0.5, 0.6) is 0 Å². The van der Waals surface area contributed by atoms with E-state index in [4.69, 9.17) is 4.74 Å². The van der Waals surface area contributed by atoms with E-state index in [-0.39, 0.29) is 0 Å². The largest absolute Gasteiger partial charge is 0.374 e. The van der Waals surface area contributed by atoms with Gasteiger partial charge in [-0.25, -0.2) is 0 Å². The number of hydrogen-bond acceptors (Lipinski definition) is 1. The second-order valence-electron chi connectivity index (χ2n) is 4.76. The average Bonchev–Trinajstić information content (AvgIpc) is 2.41. The SMILES string of the molecule is C1CC2OC(C1)C1CCCCC21. The molecule has 1 heteroatoms. The predicted octanol–water partition coefficient (Wildman–Crippen LogP) is 2.74. The maximum atomic E-state index is 6.04. The van der Waals surface area contributed by atoms with Gasteiger partial charge in [0, 0.05) is 0 Å². The molecule has 2 aliphatic heterocycles. The highest BCUT2D eigenvalue weighted by Crippen LogP contribution is 2.48. The second-order valence-corrected chi connectivity index (χ2v) is 4.76. The van der Waals surface area contributed by atoms with Crippen LogP contribution >= 0.6 is 0 Å². The van der Waals surface area contributed by atoms with Gasteiger partial charge in [0.15, 0.2) is 0 Å². The van der Waals surface area contributed by atoms with Gasteiger partial charge in [-0.3, -0.25) is 0 Å². The first-order valence-electron chi connectivity index (χ1n) is 5.60. The van der Waals surface area contributed by atoms with Crippen molar-refractivity contribution in [3.05, 3.63) is 0 Å². The summed E-state index contributed by atoms with van der Waals surface area (Å²) >= 11 is 0.